The van der Waals surface area contributed by atoms with Crippen molar-refractivity contribution in [1.82, 2.24) is 10.3 Å². The van der Waals surface area contributed by atoms with Crippen LogP contribution in [-0.2, 0) is 6.54 Å². The van der Waals surface area contributed by atoms with Crippen molar-refractivity contribution in [2.24, 2.45) is 0 Å². The fraction of sp³-hybridized carbons (Fsp3) is 0.267. The van der Waals surface area contributed by atoms with Gasteiger partial charge in [-0.1, -0.05) is 31.7 Å². The zero-order valence-corrected chi connectivity index (χ0v) is 13.8. The molecule has 1 N–H and O–H groups in total. The second kappa shape index (κ2) is 7.20. The lowest BCUT2D eigenvalue weighted by Crippen LogP contribution is -2.21. The average molecular weight is 355 g/mol. The number of pyridine rings is 1. The Hall–Kier alpha value is -0.910. The largest absolute Gasteiger partial charge is 0.310 e. The molecule has 0 aliphatic carbocycles. The summed E-state index contributed by atoms with van der Waals surface area (Å²) in [6, 6.07) is 9.45. The van der Waals surface area contributed by atoms with Gasteiger partial charge >= 0.3 is 0 Å². The highest BCUT2D eigenvalue weighted by Crippen LogP contribution is 2.33. The summed E-state index contributed by atoms with van der Waals surface area (Å²) in [4.78, 5) is 4.81. The molecule has 20 heavy (non-hydrogen) atoms. The summed E-state index contributed by atoms with van der Waals surface area (Å²) in [6.45, 7) is 4.81. The molecule has 0 radical (unpaired) electrons. The second-order valence-corrected chi connectivity index (χ2v) is 6.58. The fourth-order valence-corrected chi connectivity index (χ4v) is 2.89. The third kappa shape index (κ3) is 4.30. The van der Waals surface area contributed by atoms with Gasteiger partial charge in [0.25, 0.3) is 0 Å². The Kier molecular flexibility index (Phi) is 5.57. The van der Waals surface area contributed by atoms with Crippen LogP contribution in [-0.4, -0.2) is 11.0 Å². The molecule has 0 unspecified atom stereocenters. The maximum absolute atomic E-state index is 14.1. The van der Waals surface area contributed by atoms with Crippen LogP contribution in [0.4, 0.5) is 4.39 Å². The standard InChI is InChI=1S/C15H16BrFN2S/c1-10(2)19-9-11-5-6-14(13(17)8-11)20-15-12(16)4-3-7-18-15/h3-8,10,19H,9H2,1-2H3. The number of aromatic nitrogens is 1. The number of rotatable bonds is 5. The lowest BCUT2D eigenvalue weighted by Gasteiger charge is -2.09. The lowest BCUT2D eigenvalue weighted by molar-refractivity contribution is 0.574. The highest BCUT2D eigenvalue weighted by molar-refractivity contribution is 9.10. The van der Waals surface area contributed by atoms with Crippen LogP contribution in [0.1, 0.15) is 19.4 Å². The summed E-state index contributed by atoms with van der Waals surface area (Å²) < 4.78 is 15.0. The van der Waals surface area contributed by atoms with Crippen LogP contribution in [0, 0.1) is 5.82 Å². The van der Waals surface area contributed by atoms with E-state index in [9.17, 15) is 4.39 Å². The van der Waals surface area contributed by atoms with E-state index in [0.29, 0.717) is 17.5 Å². The second-order valence-electron chi connectivity index (χ2n) is 4.69. The first-order valence-corrected chi connectivity index (χ1v) is 7.97. The van der Waals surface area contributed by atoms with Crippen molar-refractivity contribution in [1.29, 1.82) is 0 Å². The van der Waals surface area contributed by atoms with E-state index < -0.39 is 0 Å². The molecule has 0 aliphatic heterocycles. The number of hydrogen-bond donors (Lipinski definition) is 1. The quantitative estimate of drug-likeness (QED) is 0.846. The molecule has 0 amide bonds. The van der Waals surface area contributed by atoms with E-state index in [4.69, 9.17) is 0 Å². The topological polar surface area (TPSA) is 24.9 Å². The first-order chi connectivity index (χ1) is 9.56. The van der Waals surface area contributed by atoms with Gasteiger partial charge in [0.15, 0.2) is 0 Å². The molecule has 5 heteroatoms. The Labute approximate surface area is 131 Å². The lowest BCUT2D eigenvalue weighted by atomic mass is 10.2. The summed E-state index contributed by atoms with van der Waals surface area (Å²) in [5, 5.41) is 4.04. The zero-order valence-electron chi connectivity index (χ0n) is 11.4. The minimum absolute atomic E-state index is 0.212. The monoisotopic (exact) mass is 354 g/mol. The molecule has 0 bridgehead atoms. The van der Waals surface area contributed by atoms with Gasteiger partial charge in [-0.2, -0.15) is 0 Å². The number of nitrogens with one attached hydrogen (secondary N) is 1. The highest BCUT2D eigenvalue weighted by atomic mass is 79.9. The Morgan fingerprint density at radius 1 is 1.35 bits per heavy atom. The Balaban J connectivity index is 2.12. The normalized spacial score (nSPS) is 11.1. The number of nitrogens with zero attached hydrogens (tertiary/aromatic N) is 1. The van der Waals surface area contributed by atoms with Gasteiger partial charge in [0.2, 0.25) is 0 Å². The van der Waals surface area contributed by atoms with Crippen molar-refractivity contribution in [2.75, 3.05) is 0 Å². The fourth-order valence-electron chi connectivity index (χ4n) is 1.61. The molecule has 0 fully saturated rings. The smallest absolute Gasteiger partial charge is 0.137 e. The molecule has 1 heterocycles. The van der Waals surface area contributed by atoms with E-state index in [1.54, 1.807) is 18.3 Å². The Bertz CT molecular complexity index is 590. The van der Waals surface area contributed by atoms with Gasteiger partial charge in [-0.15, -0.1) is 0 Å². The Morgan fingerprint density at radius 2 is 2.15 bits per heavy atom. The molecule has 1 aromatic heterocycles. The van der Waals surface area contributed by atoms with Crippen molar-refractivity contribution in [2.45, 2.75) is 36.4 Å². The average Bonchev–Trinajstić information content (AvgIpc) is 2.41. The molecular formula is C15H16BrFN2S. The molecule has 2 aromatic rings. The molecule has 0 saturated heterocycles. The van der Waals surface area contributed by atoms with Gasteiger partial charge in [0.05, 0.1) is 4.47 Å². The number of halogens is 2. The minimum atomic E-state index is -0.212. The molecule has 0 atom stereocenters. The Morgan fingerprint density at radius 3 is 2.80 bits per heavy atom. The van der Waals surface area contributed by atoms with E-state index in [1.807, 2.05) is 18.2 Å². The van der Waals surface area contributed by atoms with Crippen LogP contribution in [0.3, 0.4) is 0 Å². The van der Waals surface area contributed by atoms with Gasteiger partial charge in [-0.3, -0.25) is 0 Å². The van der Waals surface area contributed by atoms with Crippen molar-refractivity contribution in [3.05, 3.63) is 52.4 Å². The van der Waals surface area contributed by atoms with Crippen molar-refractivity contribution in [3.63, 3.8) is 0 Å². The van der Waals surface area contributed by atoms with E-state index in [2.05, 4.69) is 40.1 Å². The highest BCUT2D eigenvalue weighted by Gasteiger charge is 2.09. The van der Waals surface area contributed by atoms with Gasteiger partial charge < -0.3 is 5.32 Å². The van der Waals surface area contributed by atoms with E-state index in [1.165, 1.54) is 11.8 Å². The predicted molar refractivity (Wildman–Crippen MR) is 84.4 cm³/mol. The van der Waals surface area contributed by atoms with Crippen LogP contribution < -0.4 is 5.32 Å². The maximum Gasteiger partial charge on any atom is 0.137 e. The summed E-state index contributed by atoms with van der Waals surface area (Å²) in [7, 11) is 0. The molecule has 0 spiro atoms. The molecular weight excluding hydrogens is 339 g/mol. The maximum atomic E-state index is 14.1. The first kappa shape index (κ1) is 15.5. The zero-order chi connectivity index (χ0) is 14.5. The van der Waals surface area contributed by atoms with Crippen LogP contribution in [0.5, 0.6) is 0 Å². The molecule has 0 aliphatic rings. The summed E-state index contributed by atoms with van der Waals surface area (Å²) in [5.41, 5.74) is 0.945. The third-order valence-electron chi connectivity index (χ3n) is 2.64. The van der Waals surface area contributed by atoms with Crippen molar-refractivity contribution >= 4 is 27.7 Å². The van der Waals surface area contributed by atoms with Crippen LogP contribution in [0.2, 0.25) is 0 Å². The molecule has 106 valence electrons. The SMILES string of the molecule is CC(C)NCc1ccc(Sc2ncccc2Br)c(F)c1. The van der Waals surface area contributed by atoms with Crippen LogP contribution in [0.25, 0.3) is 0 Å². The van der Waals surface area contributed by atoms with Crippen molar-refractivity contribution in [3.8, 4) is 0 Å². The number of hydrogen-bond acceptors (Lipinski definition) is 3. The van der Waals surface area contributed by atoms with E-state index >= 15 is 0 Å². The summed E-state index contributed by atoms with van der Waals surface area (Å²) in [5.74, 6) is -0.212. The minimum Gasteiger partial charge on any atom is -0.310 e. The van der Waals surface area contributed by atoms with Gasteiger partial charge in [0.1, 0.15) is 10.8 Å². The van der Waals surface area contributed by atoms with Crippen LogP contribution in [0.15, 0.2) is 50.9 Å². The molecule has 2 rings (SSSR count). The predicted octanol–water partition coefficient (Wildman–Crippen LogP) is 4.63. The summed E-state index contributed by atoms with van der Waals surface area (Å²) >= 11 is 4.74. The van der Waals surface area contributed by atoms with Gasteiger partial charge in [0, 0.05) is 23.7 Å². The molecule has 2 nitrogen and oxygen atoms in total. The third-order valence-corrected chi connectivity index (χ3v) is 4.61. The number of benzene rings is 1. The van der Waals surface area contributed by atoms with Gasteiger partial charge in [-0.05, 0) is 45.8 Å². The van der Waals surface area contributed by atoms with E-state index in [-0.39, 0.29) is 5.82 Å². The van der Waals surface area contributed by atoms with Crippen LogP contribution >= 0.6 is 27.7 Å². The van der Waals surface area contributed by atoms with E-state index in [0.717, 1.165) is 15.1 Å². The first-order valence-electron chi connectivity index (χ1n) is 6.36. The molecule has 0 saturated carbocycles. The van der Waals surface area contributed by atoms with Gasteiger partial charge in [-0.25, -0.2) is 9.37 Å². The van der Waals surface area contributed by atoms with Crippen molar-refractivity contribution < 1.29 is 4.39 Å². The molecule has 1 aromatic carbocycles. The summed E-state index contributed by atoms with van der Waals surface area (Å²) in [6.07, 6.45) is 1.70.